The zero-order chi connectivity index (χ0) is 11.8. The molecule has 1 rings (SSSR count). The summed E-state index contributed by atoms with van der Waals surface area (Å²) < 4.78 is 0. The Kier molecular flexibility index (Phi) is 6.04. The van der Waals surface area contributed by atoms with Crippen LogP contribution in [0.15, 0.2) is 24.4 Å². The lowest BCUT2D eigenvalue weighted by Crippen LogP contribution is -2.33. The van der Waals surface area contributed by atoms with Crippen molar-refractivity contribution in [3.05, 3.63) is 30.1 Å². The Balaban J connectivity index is 2.19. The molecular formula is C13H23N3. The summed E-state index contributed by atoms with van der Waals surface area (Å²) in [5.41, 5.74) is 1.13. The summed E-state index contributed by atoms with van der Waals surface area (Å²) >= 11 is 0. The molecule has 1 N–H and O–H groups in total. The van der Waals surface area contributed by atoms with E-state index < -0.39 is 0 Å². The van der Waals surface area contributed by atoms with Gasteiger partial charge in [-0.2, -0.15) is 0 Å². The predicted octanol–water partition coefficient (Wildman–Crippen LogP) is 1.90. The van der Waals surface area contributed by atoms with Gasteiger partial charge in [0.15, 0.2) is 0 Å². The summed E-state index contributed by atoms with van der Waals surface area (Å²) in [6.07, 6.45) is 3.03. The van der Waals surface area contributed by atoms with Crippen molar-refractivity contribution in [3.63, 3.8) is 0 Å². The number of likely N-dealkylation sites (N-methyl/N-ethyl adjacent to an activating group) is 1. The van der Waals surface area contributed by atoms with Crippen molar-refractivity contribution >= 4 is 0 Å². The molecule has 0 amide bonds. The molecule has 0 fully saturated rings. The van der Waals surface area contributed by atoms with Crippen molar-refractivity contribution < 1.29 is 0 Å². The Bertz CT molecular complexity index is 274. The zero-order valence-electron chi connectivity index (χ0n) is 10.6. The van der Waals surface area contributed by atoms with Crippen LogP contribution in [0.4, 0.5) is 0 Å². The van der Waals surface area contributed by atoms with Crippen molar-refractivity contribution in [1.82, 2.24) is 15.2 Å². The van der Waals surface area contributed by atoms with E-state index in [2.05, 4.69) is 42.2 Å². The van der Waals surface area contributed by atoms with Crippen molar-refractivity contribution in [2.75, 3.05) is 20.1 Å². The van der Waals surface area contributed by atoms with E-state index in [4.69, 9.17) is 0 Å². The highest BCUT2D eigenvalue weighted by molar-refractivity contribution is 5.02. The second-order valence-electron chi connectivity index (χ2n) is 4.32. The van der Waals surface area contributed by atoms with E-state index in [-0.39, 0.29) is 0 Å². The number of pyridine rings is 1. The van der Waals surface area contributed by atoms with Gasteiger partial charge in [-0.05, 0) is 32.5 Å². The van der Waals surface area contributed by atoms with Crippen LogP contribution in [0.3, 0.4) is 0 Å². The van der Waals surface area contributed by atoms with Crippen LogP contribution < -0.4 is 5.32 Å². The third kappa shape index (κ3) is 5.24. The number of nitrogens with zero attached hydrogens (tertiary/aromatic N) is 2. The van der Waals surface area contributed by atoms with Crippen LogP contribution in [0.5, 0.6) is 0 Å². The second kappa shape index (κ2) is 7.36. The third-order valence-electron chi connectivity index (χ3n) is 2.76. The summed E-state index contributed by atoms with van der Waals surface area (Å²) in [4.78, 5) is 6.61. The molecule has 0 aliphatic rings. The van der Waals surface area contributed by atoms with Crippen molar-refractivity contribution in [2.24, 2.45) is 0 Å². The first kappa shape index (κ1) is 13.1. The van der Waals surface area contributed by atoms with Crippen LogP contribution in [-0.4, -0.2) is 36.1 Å². The number of rotatable bonds is 7. The topological polar surface area (TPSA) is 28.2 Å². The molecule has 0 aliphatic heterocycles. The summed E-state index contributed by atoms with van der Waals surface area (Å²) in [6.45, 7) is 7.44. The minimum Gasteiger partial charge on any atom is -0.313 e. The second-order valence-corrected chi connectivity index (χ2v) is 4.32. The molecule has 1 heterocycles. The SMILES string of the molecule is CCC(C)NCCN(C)Cc1ccccn1. The Morgan fingerprint density at radius 3 is 2.88 bits per heavy atom. The Morgan fingerprint density at radius 2 is 2.25 bits per heavy atom. The van der Waals surface area contributed by atoms with Crippen LogP contribution in [-0.2, 0) is 6.54 Å². The van der Waals surface area contributed by atoms with Gasteiger partial charge in [0.05, 0.1) is 5.69 Å². The van der Waals surface area contributed by atoms with Gasteiger partial charge in [-0.15, -0.1) is 0 Å². The average Bonchev–Trinajstić information content (AvgIpc) is 2.30. The molecule has 1 unspecified atom stereocenters. The van der Waals surface area contributed by atoms with E-state index in [9.17, 15) is 0 Å². The maximum Gasteiger partial charge on any atom is 0.0543 e. The predicted molar refractivity (Wildman–Crippen MR) is 68.3 cm³/mol. The molecule has 0 bridgehead atoms. The summed E-state index contributed by atoms with van der Waals surface area (Å²) in [6, 6.07) is 6.67. The van der Waals surface area contributed by atoms with Crippen LogP contribution in [0.1, 0.15) is 26.0 Å². The van der Waals surface area contributed by atoms with Gasteiger partial charge in [0.1, 0.15) is 0 Å². The number of nitrogens with one attached hydrogen (secondary N) is 1. The number of hydrogen-bond donors (Lipinski definition) is 1. The van der Waals surface area contributed by atoms with E-state index in [0.29, 0.717) is 6.04 Å². The summed E-state index contributed by atoms with van der Waals surface area (Å²) in [5, 5.41) is 3.49. The van der Waals surface area contributed by atoms with Gasteiger partial charge in [0.25, 0.3) is 0 Å². The minimum absolute atomic E-state index is 0.614. The highest BCUT2D eigenvalue weighted by Gasteiger charge is 2.01. The van der Waals surface area contributed by atoms with Gasteiger partial charge >= 0.3 is 0 Å². The number of hydrogen-bond acceptors (Lipinski definition) is 3. The first-order valence-corrected chi connectivity index (χ1v) is 6.04. The van der Waals surface area contributed by atoms with Crippen molar-refractivity contribution in [3.8, 4) is 0 Å². The molecule has 0 spiro atoms. The quantitative estimate of drug-likeness (QED) is 0.762. The van der Waals surface area contributed by atoms with Gasteiger partial charge < -0.3 is 5.32 Å². The van der Waals surface area contributed by atoms with E-state index in [1.165, 1.54) is 6.42 Å². The largest absolute Gasteiger partial charge is 0.313 e. The molecule has 90 valence electrons. The Morgan fingerprint density at radius 1 is 1.44 bits per heavy atom. The molecule has 1 atom stereocenters. The maximum absolute atomic E-state index is 4.32. The Hall–Kier alpha value is -0.930. The van der Waals surface area contributed by atoms with Gasteiger partial charge in [-0.3, -0.25) is 9.88 Å². The molecule has 1 aromatic rings. The van der Waals surface area contributed by atoms with Gasteiger partial charge in [-0.25, -0.2) is 0 Å². The van der Waals surface area contributed by atoms with E-state index in [0.717, 1.165) is 25.3 Å². The van der Waals surface area contributed by atoms with Crippen LogP contribution >= 0.6 is 0 Å². The molecule has 0 saturated carbocycles. The summed E-state index contributed by atoms with van der Waals surface area (Å²) in [5.74, 6) is 0. The lowest BCUT2D eigenvalue weighted by molar-refractivity contribution is 0.314. The minimum atomic E-state index is 0.614. The average molecular weight is 221 g/mol. The van der Waals surface area contributed by atoms with Gasteiger partial charge in [0, 0.05) is 31.9 Å². The van der Waals surface area contributed by atoms with Crippen molar-refractivity contribution in [1.29, 1.82) is 0 Å². The fourth-order valence-electron chi connectivity index (χ4n) is 1.49. The van der Waals surface area contributed by atoms with E-state index in [1.54, 1.807) is 0 Å². The highest BCUT2D eigenvalue weighted by atomic mass is 15.1. The summed E-state index contributed by atoms with van der Waals surface area (Å²) in [7, 11) is 2.13. The third-order valence-corrected chi connectivity index (χ3v) is 2.76. The van der Waals surface area contributed by atoms with Crippen molar-refractivity contribution in [2.45, 2.75) is 32.9 Å². The monoisotopic (exact) mass is 221 g/mol. The first-order valence-electron chi connectivity index (χ1n) is 6.04. The molecule has 0 aromatic carbocycles. The fourth-order valence-corrected chi connectivity index (χ4v) is 1.49. The molecule has 3 nitrogen and oxygen atoms in total. The lowest BCUT2D eigenvalue weighted by atomic mass is 10.2. The molecule has 16 heavy (non-hydrogen) atoms. The lowest BCUT2D eigenvalue weighted by Gasteiger charge is -2.18. The standard InChI is InChI=1S/C13H23N3/c1-4-12(2)14-9-10-16(3)11-13-7-5-6-8-15-13/h5-8,12,14H,4,9-11H2,1-3H3. The molecule has 1 aromatic heterocycles. The van der Waals surface area contributed by atoms with E-state index >= 15 is 0 Å². The Labute approximate surface area is 98.9 Å². The number of aromatic nitrogens is 1. The molecular weight excluding hydrogens is 198 g/mol. The highest BCUT2D eigenvalue weighted by Crippen LogP contribution is 1.97. The smallest absolute Gasteiger partial charge is 0.0543 e. The zero-order valence-corrected chi connectivity index (χ0v) is 10.6. The van der Waals surface area contributed by atoms with Crippen LogP contribution in [0, 0.1) is 0 Å². The van der Waals surface area contributed by atoms with Gasteiger partial charge in [-0.1, -0.05) is 13.0 Å². The maximum atomic E-state index is 4.32. The van der Waals surface area contributed by atoms with Gasteiger partial charge in [0.2, 0.25) is 0 Å². The molecule has 0 radical (unpaired) electrons. The molecule has 0 aliphatic carbocycles. The van der Waals surface area contributed by atoms with Crippen LogP contribution in [0.25, 0.3) is 0 Å². The van der Waals surface area contributed by atoms with E-state index in [1.807, 2.05) is 18.3 Å². The fraction of sp³-hybridized carbons (Fsp3) is 0.615. The molecule has 0 saturated heterocycles. The van der Waals surface area contributed by atoms with Crippen LogP contribution in [0.2, 0.25) is 0 Å². The normalized spacial score (nSPS) is 13.0. The first-order chi connectivity index (χ1) is 7.72. The molecule has 3 heteroatoms.